The number of carbonyl (C=O) groups excluding carboxylic acids is 1. The molecule has 0 amide bonds. The lowest BCUT2D eigenvalue weighted by molar-refractivity contribution is 0.0838. The molecule has 0 aliphatic carbocycles. The van der Waals surface area contributed by atoms with E-state index in [4.69, 9.17) is 4.74 Å². The number of phenols is 4. The van der Waals surface area contributed by atoms with Gasteiger partial charge in [-0.25, -0.2) is 0 Å². The molecule has 0 saturated carbocycles. The highest BCUT2D eigenvalue weighted by Crippen LogP contribution is 2.50. The number of carbonyl (C=O) groups is 1. The van der Waals surface area contributed by atoms with Gasteiger partial charge in [0, 0.05) is 16.7 Å². The molecule has 36 heavy (non-hydrogen) atoms. The van der Waals surface area contributed by atoms with E-state index < -0.39 is 6.10 Å². The Hall–Kier alpha value is -3.67. The van der Waals surface area contributed by atoms with Gasteiger partial charge in [-0.05, 0) is 78.5 Å². The lowest BCUT2D eigenvalue weighted by atomic mass is 9.88. The second-order valence-corrected chi connectivity index (χ2v) is 10.1. The summed E-state index contributed by atoms with van der Waals surface area (Å²) in [6.07, 6.45) is 5.88. The van der Waals surface area contributed by atoms with Gasteiger partial charge in [-0.3, -0.25) is 4.79 Å². The molecule has 192 valence electrons. The van der Waals surface area contributed by atoms with E-state index >= 15 is 0 Å². The van der Waals surface area contributed by atoms with Crippen molar-refractivity contribution in [3.63, 3.8) is 0 Å². The number of aromatic hydroxyl groups is 4. The summed E-state index contributed by atoms with van der Waals surface area (Å²) in [4.78, 5) is 13.4. The quantitative estimate of drug-likeness (QED) is 0.252. The lowest BCUT2D eigenvalue weighted by Crippen LogP contribution is -2.22. The summed E-state index contributed by atoms with van der Waals surface area (Å²) in [5, 5.41) is 43.2. The molecule has 3 rings (SSSR count). The molecule has 2 aromatic rings. The van der Waals surface area contributed by atoms with E-state index in [-0.39, 0.29) is 64.1 Å². The molecule has 0 spiro atoms. The van der Waals surface area contributed by atoms with Crippen LogP contribution in [0.5, 0.6) is 28.7 Å². The fraction of sp³-hybridized carbons (Fsp3) is 0.367. The van der Waals surface area contributed by atoms with E-state index in [2.05, 4.69) is 0 Å². The summed E-state index contributed by atoms with van der Waals surface area (Å²) in [6, 6.07) is 3.21. The van der Waals surface area contributed by atoms with E-state index in [1.165, 1.54) is 6.07 Å². The van der Waals surface area contributed by atoms with Gasteiger partial charge in [0.05, 0.1) is 6.42 Å². The first-order valence-corrected chi connectivity index (χ1v) is 12.1. The van der Waals surface area contributed by atoms with Crippen LogP contribution < -0.4 is 4.74 Å². The first kappa shape index (κ1) is 26.9. The Morgan fingerprint density at radius 1 is 0.806 bits per heavy atom. The minimum Gasteiger partial charge on any atom is -0.507 e. The first-order valence-electron chi connectivity index (χ1n) is 12.1. The average Bonchev–Trinajstić information content (AvgIpc) is 2.78. The number of ether oxygens (including phenoxy) is 1. The third-order valence-electron chi connectivity index (χ3n) is 6.21. The summed E-state index contributed by atoms with van der Waals surface area (Å²) in [6.45, 7) is 11.6. The maximum atomic E-state index is 13.4. The molecule has 1 atom stereocenters. The molecular formula is C30H36O6. The topological polar surface area (TPSA) is 107 Å². The zero-order chi connectivity index (χ0) is 26.7. The minimum absolute atomic E-state index is 0.0442. The van der Waals surface area contributed by atoms with Crippen molar-refractivity contribution in [2.45, 2.75) is 73.3 Å². The van der Waals surface area contributed by atoms with E-state index in [1.54, 1.807) is 6.07 Å². The molecule has 1 aliphatic heterocycles. The summed E-state index contributed by atoms with van der Waals surface area (Å²) in [5.41, 5.74) is 4.93. The fourth-order valence-corrected chi connectivity index (χ4v) is 4.21. The maximum absolute atomic E-state index is 13.4. The van der Waals surface area contributed by atoms with Crippen molar-refractivity contribution >= 4 is 5.78 Å². The van der Waals surface area contributed by atoms with E-state index in [9.17, 15) is 25.2 Å². The summed E-state index contributed by atoms with van der Waals surface area (Å²) >= 11 is 0. The first-order chi connectivity index (χ1) is 16.9. The molecule has 1 aliphatic rings. The number of hydrogen-bond acceptors (Lipinski definition) is 6. The van der Waals surface area contributed by atoms with Crippen LogP contribution in [-0.2, 0) is 19.3 Å². The second-order valence-electron chi connectivity index (χ2n) is 10.1. The minimum atomic E-state index is -0.893. The van der Waals surface area contributed by atoms with Crippen LogP contribution in [0.4, 0.5) is 0 Å². The van der Waals surface area contributed by atoms with Crippen molar-refractivity contribution in [2.75, 3.05) is 0 Å². The zero-order valence-electron chi connectivity index (χ0n) is 21.9. The number of phenolic OH excluding ortho intramolecular Hbond substituents is 4. The normalized spacial score (nSPS) is 14.5. The number of fused-ring (bicyclic) bond motifs is 1. The molecule has 0 radical (unpaired) electrons. The van der Waals surface area contributed by atoms with Crippen molar-refractivity contribution in [2.24, 2.45) is 0 Å². The van der Waals surface area contributed by atoms with Crippen LogP contribution in [0.3, 0.4) is 0 Å². The van der Waals surface area contributed by atoms with Gasteiger partial charge in [-0.1, -0.05) is 34.9 Å². The van der Waals surface area contributed by atoms with Gasteiger partial charge in [0.1, 0.15) is 28.9 Å². The molecule has 6 heteroatoms. The molecule has 0 aromatic heterocycles. The lowest BCUT2D eigenvalue weighted by Gasteiger charge is -2.30. The van der Waals surface area contributed by atoms with Crippen molar-refractivity contribution in [3.8, 4) is 28.7 Å². The number of hydrogen-bond donors (Lipinski definition) is 4. The van der Waals surface area contributed by atoms with Crippen LogP contribution in [0.25, 0.3) is 0 Å². The molecule has 0 fully saturated rings. The van der Waals surface area contributed by atoms with E-state index in [1.807, 2.05) is 59.8 Å². The monoisotopic (exact) mass is 492 g/mol. The highest BCUT2D eigenvalue weighted by atomic mass is 16.5. The predicted molar refractivity (Wildman–Crippen MR) is 141 cm³/mol. The van der Waals surface area contributed by atoms with Crippen molar-refractivity contribution in [1.29, 1.82) is 0 Å². The standard InChI is InChI=1S/C30H36O6/c1-16(2)7-10-19-13-22(28(34)24(32)14-19)25-15-23(31)26-29(35)20(11-8-17(3)4)27(33)21(30(26)36-25)12-9-18(5)6/h7-9,13-14,25,32-35H,10-12,15H2,1-6H3. The van der Waals surface area contributed by atoms with Gasteiger partial charge < -0.3 is 25.2 Å². The highest BCUT2D eigenvalue weighted by molar-refractivity contribution is 6.04. The number of rotatable bonds is 7. The van der Waals surface area contributed by atoms with Crippen molar-refractivity contribution < 1.29 is 30.0 Å². The van der Waals surface area contributed by atoms with Crippen LogP contribution in [0.1, 0.15) is 86.7 Å². The Morgan fingerprint density at radius 2 is 1.36 bits per heavy atom. The molecule has 1 heterocycles. The molecule has 6 nitrogen and oxygen atoms in total. The fourth-order valence-electron chi connectivity index (χ4n) is 4.21. The Labute approximate surface area is 212 Å². The molecule has 0 bridgehead atoms. The van der Waals surface area contributed by atoms with Crippen LogP contribution in [-0.4, -0.2) is 26.2 Å². The molecular weight excluding hydrogens is 456 g/mol. The second kappa shape index (κ2) is 10.9. The van der Waals surface area contributed by atoms with Crippen molar-refractivity contribution in [3.05, 3.63) is 74.9 Å². The smallest absolute Gasteiger partial charge is 0.174 e. The number of ketones is 1. The van der Waals surface area contributed by atoms with Gasteiger partial charge >= 0.3 is 0 Å². The molecule has 1 unspecified atom stereocenters. The largest absolute Gasteiger partial charge is 0.507 e. The maximum Gasteiger partial charge on any atom is 0.174 e. The van der Waals surface area contributed by atoms with Gasteiger partial charge in [0.2, 0.25) is 0 Å². The van der Waals surface area contributed by atoms with Gasteiger partial charge in [0.25, 0.3) is 0 Å². The van der Waals surface area contributed by atoms with Crippen LogP contribution in [0, 0.1) is 0 Å². The Kier molecular flexibility index (Phi) is 8.18. The van der Waals surface area contributed by atoms with Crippen LogP contribution in [0.2, 0.25) is 0 Å². The van der Waals surface area contributed by atoms with Gasteiger partial charge in [0.15, 0.2) is 17.3 Å². The Bertz CT molecular complexity index is 1270. The number of allylic oxidation sites excluding steroid dienone is 6. The van der Waals surface area contributed by atoms with Crippen molar-refractivity contribution in [1.82, 2.24) is 0 Å². The Balaban J connectivity index is 2.17. The zero-order valence-corrected chi connectivity index (χ0v) is 21.9. The average molecular weight is 493 g/mol. The predicted octanol–water partition coefficient (Wildman–Crippen LogP) is 6.74. The number of Topliss-reactive ketones (excluding diaryl/α,β-unsaturated/α-hetero) is 1. The third kappa shape index (κ3) is 5.76. The van der Waals surface area contributed by atoms with Gasteiger partial charge in [-0.15, -0.1) is 0 Å². The summed E-state index contributed by atoms with van der Waals surface area (Å²) in [7, 11) is 0. The van der Waals surface area contributed by atoms with E-state index in [0.29, 0.717) is 18.4 Å². The Morgan fingerprint density at radius 3 is 1.94 bits per heavy atom. The van der Waals surface area contributed by atoms with E-state index in [0.717, 1.165) is 22.3 Å². The SMILES string of the molecule is CC(C)=CCc1cc(O)c(O)c(C2CC(=O)c3c(O)c(CC=C(C)C)c(O)c(CC=C(C)C)c3O2)c1. The summed E-state index contributed by atoms with van der Waals surface area (Å²) in [5.74, 6) is -1.29. The van der Waals surface area contributed by atoms with Crippen LogP contribution in [0.15, 0.2) is 47.1 Å². The number of benzene rings is 2. The molecule has 4 N–H and O–H groups in total. The van der Waals surface area contributed by atoms with Gasteiger partial charge in [-0.2, -0.15) is 0 Å². The third-order valence-corrected chi connectivity index (χ3v) is 6.21. The molecule has 0 saturated heterocycles. The van der Waals surface area contributed by atoms with Crippen LogP contribution >= 0.6 is 0 Å². The summed E-state index contributed by atoms with van der Waals surface area (Å²) < 4.78 is 6.24. The highest BCUT2D eigenvalue weighted by Gasteiger charge is 2.36. The molecule has 2 aromatic carbocycles.